The summed E-state index contributed by atoms with van der Waals surface area (Å²) in [5, 5.41) is 18.3. The first-order valence-corrected chi connectivity index (χ1v) is 11.3. The van der Waals surface area contributed by atoms with Gasteiger partial charge in [-0.05, 0) is 24.3 Å². The molecule has 0 atom stereocenters. The fraction of sp³-hybridized carbons (Fsp3) is 0.148. The molecule has 1 aliphatic rings. The van der Waals surface area contributed by atoms with Crippen LogP contribution < -0.4 is 9.64 Å². The van der Waals surface area contributed by atoms with Gasteiger partial charge in [0.05, 0.1) is 36.6 Å². The number of fused-ring (bicyclic) bond motifs is 1. The number of hydrogen-bond donors (Lipinski definition) is 0. The Labute approximate surface area is 207 Å². The van der Waals surface area contributed by atoms with Crippen LogP contribution in [0.2, 0.25) is 0 Å². The largest absolute Gasteiger partial charge is 0.487 e. The van der Waals surface area contributed by atoms with Gasteiger partial charge in [-0.15, -0.1) is 6.42 Å². The minimum Gasteiger partial charge on any atom is -0.487 e. The summed E-state index contributed by atoms with van der Waals surface area (Å²) in [6, 6.07) is 11.9. The monoisotopic (exact) mass is 472 g/mol. The Balaban J connectivity index is 1.25. The highest BCUT2D eigenvalue weighted by molar-refractivity contribution is 5.87. The zero-order valence-electron chi connectivity index (χ0n) is 19.4. The van der Waals surface area contributed by atoms with Crippen molar-refractivity contribution in [2.75, 3.05) is 18.0 Å². The Morgan fingerprint density at radius 2 is 1.89 bits per heavy atom. The molecule has 174 valence electrons. The summed E-state index contributed by atoms with van der Waals surface area (Å²) >= 11 is 0. The third-order valence-electron chi connectivity index (χ3n) is 6.18. The number of terminal acetylenes is 1. The molecule has 6 heterocycles. The van der Waals surface area contributed by atoms with Gasteiger partial charge in [-0.1, -0.05) is 5.92 Å². The Kier molecular flexibility index (Phi) is 5.09. The van der Waals surface area contributed by atoms with Gasteiger partial charge >= 0.3 is 0 Å². The van der Waals surface area contributed by atoms with Crippen molar-refractivity contribution < 1.29 is 4.74 Å². The average molecular weight is 473 g/mol. The lowest BCUT2D eigenvalue weighted by Gasteiger charge is -2.39. The molecule has 9 heteroatoms. The topological polar surface area (TPSA) is 97.2 Å². The lowest BCUT2D eigenvalue weighted by molar-refractivity contribution is 0.166. The van der Waals surface area contributed by atoms with Crippen LogP contribution in [0.15, 0.2) is 67.5 Å². The first-order chi connectivity index (χ1) is 17.6. The second-order valence-corrected chi connectivity index (χ2v) is 8.58. The molecule has 0 N–H and O–H groups in total. The number of hydrogen-bond acceptors (Lipinski definition) is 7. The molecule has 0 bridgehead atoms. The zero-order valence-corrected chi connectivity index (χ0v) is 19.4. The van der Waals surface area contributed by atoms with Crippen LogP contribution in [0.25, 0.3) is 27.8 Å². The number of aryl methyl sites for hydroxylation is 1. The van der Waals surface area contributed by atoms with Crippen molar-refractivity contribution >= 4 is 11.3 Å². The number of nitriles is 1. The van der Waals surface area contributed by atoms with Gasteiger partial charge in [0, 0.05) is 60.2 Å². The smallest absolute Gasteiger partial charge is 0.134 e. The molecule has 1 aliphatic heterocycles. The van der Waals surface area contributed by atoms with E-state index in [9.17, 15) is 5.26 Å². The Hall–Kier alpha value is -5.15. The Morgan fingerprint density at radius 3 is 2.61 bits per heavy atom. The maximum absolute atomic E-state index is 9.64. The molecule has 5 aromatic heterocycles. The van der Waals surface area contributed by atoms with Crippen molar-refractivity contribution in [2.45, 2.75) is 6.10 Å². The van der Waals surface area contributed by atoms with Crippen molar-refractivity contribution in [3.05, 3.63) is 78.8 Å². The zero-order chi connectivity index (χ0) is 24.6. The third kappa shape index (κ3) is 3.79. The van der Waals surface area contributed by atoms with E-state index in [-0.39, 0.29) is 6.10 Å². The van der Waals surface area contributed by atoms with Crippen LogP contribution >= 0.6 is 0 Å². The Bertz CT molecular complexity index is 1660. The molecule has 0 amide bonds. The van der Waals surface area contributed by atoms with Gasteiger partial charge in [-0.25, -0.2) is 14.5 Å². The minimum atomic E-state index is 0.0558. The van der Waals surface area contributed by atoms with Crippen molar-refractivity contribution in [3.63, 3.8) is 0 Å². The van der Waals surface area contributed by atoms with Crippen LogP contribution in [0, 0.1) is 23.7 Å². The van der Waals surface area contributed by atoms with E-state index in [1.807, 2.05) is 50.0 Å². The third-order valence-corrected chi connectivity index (χ3v) is 6.18. The minimum absolute atomic E-state index is 0.0558. The van der Waals surface area contributed by atoms with Gasteiger partial charge in [0.25, 0.3) is 0 Å². The number of pyridine rings is 3. The number of anilines is 1. The summed E-state index contributed by atoms with van der Waals surface area (Å²) in [5.41, 5.74) is 5.53. The van der Waals surface area contributed by atoms with Crippen molar-refractivity contribution in [2.24, 2.45) is 7.05 Å². The molecule has 0 aromatic carbocycles. The molecule has 1 fully saturated rings. The molecular formula is C27H20N8O. The van der Waals surface area contributed by atoms with E-state index in [0.717, 1.165) is 52.4 Å². The van der Waals surface area contributed by atoms with E-state index in [1.54, 1.807) is 27.7 Å². The van der Waals surface area contributed by atoms with Crippen LogP contribution in [0.5, 0.6) is 5.75 Å². The highest BCUT2D eigenvalue weighted by atomic mass is 16.5. The lowest BCUT2D eigenvalue weighted by Crippen LogP contribution is -2.54. The van der Waals surface area contributed by atoms with E-state index in [1.165, 1.54) is 0 Å². The van der Waals surface area contributed by atoms with Crippen LogP contribution in [0.3, 0.4) is 0 Å². The van der Waals surface area contributed by atoms with E-state index in [4.69, 9.17) is 16.1 Å². The van der Waals surface area contributed by atoms with E-state index in [2.05, 4.69) is 38.1 Å². The summed E-state index contributed by atoms with van der Waals surface area (Å²) < 4.78 is 9.51. The van der Waals surface area contributed by atoms with Crippen molar-refractivity contribution in [1.82, 2.24) is 29.4 Å². The maximum Gasteiger partial charge on any atom is 0.134 e. The first-order valence-electron chi connectivity index (χ1n) is 11.3. The highest BCUT2D eigenvalue weighted by Gasteiger charge is 2.29. The quantitative estimate of drug-likeness (QED) is 0.362. The Morgan fingerprint density at radius 1 is 1.00 bits per heavy atom. The highest BCUT2D eigenvalue weighted by Crippen LogP contribution is 2.33. The van der Waals surface area contributed by atoms with Crippen LogP contribution in [0.4, 0.5) is 5.82 Å². The van der Waals surface area contributed by atoms with Gasteiger partial charge in [0.2, 0.25) is 0 Å². The number of nitrogens with zero attached hydrogens (tertiary/aromatic N) is 8. The fourth-order valence-electron chi connectivity index (χ4n) is 4.34. The lowest BCUT2D eigenvalue weighted by atomic mass is 10.0. The van der Waals surface area contributed by atoms with Gasteiger partial charge in [-0.2, -0.15) is 15.5 Å². The summed E-state index contributed by atoms with van der Waals surface area (Å²) in [6.07, 6.45) is 16.2. The number of aromatic nitrogens is 6. The molecule has 0 spiro atoms. The van der Waals surface area contributed by atoms with Crippen LogP contribution in [-0.2, 0) is 7.05 Å². The maximum atomic E-state index is 9.64. The normalized spacial score (nSPS) is 13.2. The van der Waals surface area contributed by atoms with Crippen molar-refractivity contribution in [1.29, 1.82) is 5.26 Å². The van der Waals surface area contributed by atoms with Crippen LogP contribution in [-0.4, -0.2) is 48.6 Å². The second kappa shape index (κ2) is 8.57. The number of ether oxygens (including phenoxy) is 1. The predicted octanol–water partition coefficient (Wildman–Crippen LogP) is 3.31. The summed E-state index contributed by atoms with van der Waals surface area (Å²) in [5.74, 6) is 4.11. The summed E-state index contributed by atoms with van der Waals surface area (Å²) in [7, 11) is 1.88. The second-order valence-electron chi connectivity index (χ2n) is 8.58. The summed E-state index contributed by atoms with van der Waals surface area (Å²) in [4.78, 5) is 10.9. The SMILES string of the molecule is C#Cc1cc(OC2CN(c3ccc(-c4cc(-c5cnn(C)c5)cn5ncc(C#N)c45)cn3)C2)ccn1. The molecule has 5 aromatic rings. The standard InChI is InChI=1S/C27H20N8O/c1-3-22-9-23(6-7-29-22)36-24-16-34(17-24)26-5-4-18(11-30-26)25-8-19(21-13-31-33(2)14-21)15-35-27(25)20(10-28)12-32-35/h1,4-9,11-15,24H,16-17H2,2H3. The molecule has 9 nitrogen and oxygen atoms in total. The molecule has 0 saturated carbocycles. The van der Waals surface area contributed by atoms with Gasteiger partial charge in [0.1, 0.15) is 29.4 Å². The molecule has 0 radical (unpaired) electrons. The van der Waals surface area contributed by atoms with Gasteiger partial charge < -0.3 is 9.64 Å². The molecule has 0 aliphatic carbocycles. The first kappa shape index (κ1) is 21.4. The number of rotatable bonds is 5. The summed E-state index contributed by atoms with van der Waals surface area (Å²) in [6.45, 7) is 1.45. The van der Waals surface area contributed by atoms with Crippen LogP contribution in [0.1, 0.15) is 11.3 Å². The molecule has 6 rings (SSSR count). The molecule has 0 unspecified atom stereocenters. The predicted molar refractivity (Wildman–Crippen MR) is 134 cm³/mol. The van der Waals surface area contributed by atoms with E-state index in [0.29, 0.717) is 11.3 Å². The average Bonchev–Trinajstić information content (AvgIpc) is 3.51. The fourth-order valence-corrected chi connectivity index (χ4v) is 4.34. The van der Waals surface area contributed by atoms with Gasteiger partial charge in [0.15, 0.2) is 0 Å². The molecular weight excluding hydrogens is 452 g/mol. The molecule has 36 heavy (non-hydrogen) atoms. The van der Waals surface area contributed by atoms with E-state index < -0.39 is 0 Å². The van der Waals surface area contributed by atoms with Crippen molar-refractivity contribution in [3.8, 4) is 46.4 Å². The van der Waals surface area contributed by atoms with Gasteiger partial charge in [-0.3, -0.25) is 4.68 Å². The van der Waals surface area contributed by atoms with E-state index >= 15 is 0 Å². The molecule has 1 saturated heterocycles.